The van der Waals surface area contributed by atoms with Crippen LogP contribution < -0.4 is 9.64 Å². The van der Waals surface area contributed by atoms with Crippen molar-refractivity contribution in [3.05, 3.63) is 71.5 Å². The minimum Gasteiger partial charge on any atom is -0.493 e. The summed E-state index contributed by atoms with van der Waals surface area (Å²) >= 11 is 0. The molecule has 34 heavy (non-hydrogen) atoms. The molecule has 174 valence electrons. The van der Waals surface area contributed by atoms with Crippen molar-refractivity contribution >= 4 is 23.8 Å². The number of methoxy groups -OCH3 is 1. The highest BCUT2D eigenvalue weighted by Crippen LogP contribution is 2.30. The average molecular weight is 467 g/mol. The van der Waals surface area contributed by atoms with Gasteiger partial charge in [-0.2, -0.15) is 4.98 Å². The summed E-state index contributed by atoms with van der Waals surface area (Å²) in [5, 5.41) is 4.47. The van der Waals surface area contributed by atoms with Crippen molar-refractivity contribution in [1.82, 2.24) is 29.3 Å². The third-order valence-electron chi connectivity index (χ3n) is 5.40. The SMILES string of the molecule is COc1cc(/C=C/c2nc3n(n2)CCCN3c2cc(F)c(F)c(F)c2)cnc1-n1cnc(C)c1. The number of aromatic nitrogens is 6. The van der Waals surface area contributed by atoms with E-state index < -0.39 is 17.5 Å². The van der Waals surface area contributed by atoms with Gasteiger partial charge in [-0.15, -0.1) is 5.10 Å². The number of anilines is 2. The van der Waals surface area contributed by atoms with Gasteiger partial charge in [0, 0.05) is 43.3 Å². The number of benzene rings is 1. The third-order valence-corrected chi connectivity index (χ3v) is 5.40. The fourth-order valence-electron chi connectivity index (χ4n) is 3.79. The van der Waals surface area contributed by atoms with Gasteiger partial charge < -0.3 is 9.64 Å². The van der Waals surface area contributed by atoms with E-state index in [9.17, 15) is 13.2 Å². The Morgan fingerprint density at radius 1 is 1.03 bits per heavy atom. The van der Waals surface area contributed by atoms with Gasteiger partial charge in [-0.25, -0.2) is 27.8 Å². The molecule has 3 aromatic heterocycles. The number of ether oxygens (including phenoxy) is 1. The minimum atomic E-state index is -1.50. The van der Waals surface area contributed by atoms with Gasteiger partial charge in [-0.05, 0) is 37.1 Å². The van der Waals surface area contributed by atoms with Crippen LogP contribution in [0.15, 0.2) is 36.9 Å². The van der Waals surface area contributed by atoms with E-state index in [1.807, 2.05) is 19.2 Å². The van der Waals surface area contributed by atoms with Gasteiger partial charge in [0.15, 0.2) is 34.8 Å². The molecule has 0 saturated carbocycles. The van der Waals surface area contributed by atoms with Crippen molar-refractivity contribution in [2.45, 2.75) is 19.9 Å². The summed E-state index contributed by atoms with van der Waals surface area (Å²) in [6.45, 7) is 2.97. The number of imidazole rings is 1. The summed E-state index contributed by atoms with van der Waals surface area (Å²) in [6, 6.07) is 3.75. The lowest BCUT2D eigenvalue weighted by Crippen LogP contribution is -2.29. The molecule has 0 saturated heterocycles. The van der Waals surface area contributed by atoms with Gasteiger partial charge in [-0.1, -0.05) is 0 Å². The Bertz CT molecular complexity index is 1370. The van der Waals surface area contributed by atoms with Gasteiger partial charge in [0.1, 0.15) is 6.33 Å². The van der Waals surface area contributed by atoms with Crippen molar-refractivity contribution < 1.29 is 17.9 Å². The Morgan fingerprint density at radius 3 is 2.53 bits per heavy atom. The lowest BCUT2D eigenvalue weighted by molar-refractivity contribution is 0.410. The molecule has 11 heteroatoms. The molecule has 8 nitrogen and oxygen atoms in total. The molecule has 0 radical (unpaired) electrons. The number of nitrogens with zero attached hydrogens (tertiary/aromatic N) is 7. The number of pyridine rings is 1. The molecule has 0 aliphatic carbocycles. The molecular formula is C23H20F3N7O. The second kappa shape index (κ2) is 8.65. The molecule has 5 rings (SSSR count). The maximum atomic E-state index is 13.8. The first-order valence-electron chi connectivity index (χ1n) is 10.5. The van der Waals surface area contributed by atoms with Gasteiger partial charge in [0.25, 0.3) is 0 Å². The first-order valence-corrected chi connectivity index (χ1v) is 10.5. The topological polar surface area (TPSA) is 73.9 Å². The number of hydrogen-bond donors (Lipinski definition) is 0. The van der Waals surface area contributed by atoms with E-state index in [0.29, 0.717) is 42.9 Å². The lowest BCUT2D eigenvalue weighted by atomic mass is 10.2. The highest BCUT2D eigenvalue weighted by atomic mass is 19.2. The smallest absolute Gasteiger partial charge is 0.228 e. The summed E-state index contributed by atoms with van der Waals surface area (Å²) in [4.78, 5) is 14.8. The zero-order valence-electron chi connectivity index (χ0n) is 18.4. The number of fused-ring (bicyclic) bond motifs is 1. The molecule has 1 aliphatic rings. The summed E-state index contributed by atoms with van der Waals surface area (Å²) in [5.74, 6) is -1.96. The van der Waals surface area contributed by atoms with Crippen LogP contribution in [0.1, 0.15) is 23.5 Å². The largest absolute Gasteiger partial charge is 0.493 e. The van der Waals surface area contributed by atoms with Gasteiger partial charge >= 0.3 is 0 Å². The van der Waals surface area contributed by atoms with Crippen molar-refractivity contribution in [1.29, 1.82) is 0 Å². The van der Waals surface area contributed by atoms with E-state index in [-0.39, 0.29) is 5.69 Å². The number of aryl methyl sites for hydroxylation is 2. The van der Waals surface area contributed by atoms with E-state index in [2.05, 4.69) is 20.1 Å². The Balaban J connectivity index is 1.42. The van der Waals surface area contributed by atoms with Crippen molar-refractivity contribution in [2.75, 3.05) is 18.6 Å². The molecular weight excluding hydrogens is 447 g/mol. The quantitative estimate of drug-likeness (QED) is 0.408. The van der Waals surface area contributed by atoms with E-state index in [4.69, 9.17) is 4.74 Å². The Hall–Kier alpha value is -4.15. The van der Waals surface area contributed by atoms with Crippen molar-refractivity contribution in [3.8, 4) is 11.6 Å². The predicted molar refractivity (Wildman–Crippen MR) is 120 cm³/mol. The predicted octanol–water partition coefficient (Wildman–Crippen LogP) is 4.31. The summed E-state index contributed by atoms with van der Waals surface area (Å²) in [7, 11) is 1.57. The third kappa shape index (κ3) is 4.00. The zero-order chi connectivity index (χ0) is 23.8. The second-order valence-electron chi connectivity index (χ2n) is 7.77. The molecule has 0 atom stereocenters. The first kappa shape index (κ1) is 21.7. The molecule has 0 fully saturated rings. The molecule has 4 heterocycles. The van der Waals surface area contributed by atoms with Crippen LogP contribution in [-0.4, -0.2) is 43.0 Å². The van der Waals surface area contributed by atoms with Crippen molar-refractivity contribution in [2.24, 2.45) is 0 Å². The van der Waals surface area contributed by atoms with Gasteiger partial charge in [-0.3, -0.25) is 4.57 Å². The zero-order valence-corrected chi connectivity index (χ0v) is 18.4. The van der Waals surface area contributed by atoms with E-state index in [1.165, 1.54) is 0 Å². The normalized spacial score (nSPS) is 13.5. The van der Waals surface area contributed by atoms with E-state index >= 15 is 0 Å². The summed E-state index contributed by atoms with van der Waals surface area (Å²) < 4.78 is 49.8. The number of rotatable bonds is 5. The second-order valence-corrected chi connectivity index (χ2v) is 7.77. The maximum absolute atomic E-state index is 13.8. The number of hydrogen-bond acceptors (Lipinski definition) is 6. The van der Waals surface area contributed by atoms with Gasteiger partial charge in [0.05, 0.1) is 12.8 Å². The molecule has 1 aromatic carbocycles. The molecule has 4 aromatic rings. The van der Waals surface area contributed by atoms with Crippen LogP contribution in [-0.2, 0) is 6.54 Å². The highest BCUT2D eigenvalue weighted by molar-refractivity contribution is 5.69. The Morgan fingerprint density at radius 2 is 1.82 bits per heavy atom. The maximum Gasteiger partial charge on any atom is 0.228 e. The molecule has 0 bridgehead atoms. The average Bonchev–Trinajstić information content (AvgIpc) is 3.46. The molecule has 0 amide bonds. The highest BCUT2D eigenvalue weighted by Gasteiger charge is 2.24. The van der Waals surface area contributed by atoms with Gasteiger partial charge in [0.2, 0.25) is 5.95 Å². The van der Waals surface area contributed by atoms with Crippen LogP contribution in [0.5, 0.6) is 5.75 Å². The van der Waals surface area contributed by atoms with Crippen LogP contribution in [0.4, 0.5) is 24.8 Å². The monoisotopic (exact) mass is 467 g/mol. The Labute approximate surface area is 193 Å². The van der Waals surface area contributed by atoms with Crippen LogP contribution in [0.2, 0.25) is 0 Å². The summed E-state index contributed by atoms with van der Waals surface area (Å²) in [5.41, 5.74) is 1.81. The standard InChI is InChI=1S/C23H20F3N7O/c1-14-12-31(13-28-14)22-19(34-2)8-15(11-27-22)4-5-20-29-23-32(6-3-7-33(23)30-20)16-9-17(24)21(26)18(25)10-16/h4-5,8-13H,3,6-7H2,1-2H3/b5-4+. The summed E-state index contributed by atoms with van der Waals surface area (Å²) in [6.07, 6.45) is 9.41. The first-order chi connectivity index (χ1) is 16.4. The van der Waals surface area contributed by atoms with E-state index in [0.717, 1.165) is 23.4 Å². The fraction of sp³-hybridized carbons (Fsp3) is 0.217. The number of halogens is 3. The fourth-order valence-corrected chi connectivity index (χ4v) is 3.79. The molecule has 0 unspecified atom stereocenters. The lowest BCUT2D eigenvalue weighted by Gasteiger charge is -2.27. The minimum absolute atomic E-state index is 0.180. The van der Waals surface area contributed by atoms with Crippen molar-refractivity contribution in [3.63, 3.8) is 0 Å². The van der Waals surface area contributed by atoms with Crippen LogP contribution in [0.3, 0.4) is 0 Å². The van der Waals surface area contributed by atoms with E-state index in [1.54, 1.807) is 45.9 Å². The Kier molecular flexibility index (Phi) is 5.52. The molecule has 0 N–H and O–H groups in total. The van der Waals surface area contributed by atoms with Crippen LogP contribution in [0, 0.1) is 24.4 Å². The molecule has 0 spiro atoms. The van der Waals surface area contributed by atoms with Crippen LogP contribution >= 0.6 is 0 Å². The molecule has 1 aliphatic heterocycles. The van der Waals surface area contributed by atoms with Crippen LogP contribution in [0.25, 0.3) is 18.0 Å².